The maximum absolute atomic E-state index is 12.2. The van der Waals surface area contributed by atoms with E-state index >= 15 is 0 Å². The van der Waals surface area contributed by atoms with Gasteiger partial charge in [0.2, 0.25) is 0 Å². The van der Waals surface area contributed by atoms with Gasteiger partial charge < -0.3 is 10.2 Å². The molecule has 2 aromatic heterocycles. The number of aromatic nitrogens is 2. The first kappa shape index (κ1) is 12.1. The summed E-state index contributed by atoms with van der Waals surface area (Å²) in [6, 6.07) is 4.20. The van der Waals surface area contributed by atoms with Crippen LogP contribution in [0.5, 0.6) is 0 Å². The number of nitrogens with zero attached hydrogens (tertiary/aromatic N) is 3. The number of hydrogen-bond acceptors (Lipinski definition) is 4. The summed E-state index contributed by atoms with van der Waals surface area (Å²) in [4.78, 5) is 15.8. The lowest BCUT2D eigenvalue weighted by molar-refractivity contribution is 0.228. The molecule has 1 amide bonds. The number of piperidine rings is 1. The molecule has 0 radical (unpaired) electrons. The van der Waals surface area contributed by atoms with Crippen molar-refractivity contribution in [2.24, 2.45) is 5.92 Å². The van der Waals surface area contributed by atoms with E-state index in [1.54, 1.807) is 23.7 Å². The van der Waals surface area contributed by atoms with Crippen molar-refractivity contribution in [1.29, 1.82) is 0 Å². The average Bonchev–Trinajstić information content (AvgIpc) is 3.21. The number of hydrogen-bond donors (Lipinski definition) is 1. The molecule has 2 saturated heterocycles. The smallest absolute Gasteiger partial charge is 0.332 e. The highest BCUT2D eigenvalue weighted by molar-refractivity contribution is 7.13. The van der Waals surface area contributed by atoms with Crippen molar-refractivity contribution in [3.05, 3.63) is 29.9 Å². The molecule has 4 rings (SSSR count). The SMILES string of the molecule is O=C(NC1CN2CC[C@H]1C2)n1cc(-c2cccs2)cn1. The molecule has 104 valence electrons. The molecule has 1 N–H and O–H groups in total. The second-order valence-corrected chi connectivity index (χ2v) is 6.46. The van der Waals surface area contributed by atoms with Gasteiger partial charge in [0.15, 0.2) is 0 Å². The van der Waals surface area contributed by atoms with Crippen molar-refractivity contribution in [3.63, 3.8) is 0 Å². The second kappa shape index (κ2) is 4.71. The summed E-state index contributed by atoms with van der Waals surface area (Å²) in [5.74, 6) is 0.617. The summed E-state index contributed by atoms with van der Waals surface area (Å²) < 4.78 is 1.41. The van der Waals surface area contributed by atoms with Gasteiger partial charge in [0.05, 0.1) is 6.20 Å². The van der Waals surface area contributed by atoms with Crippen LogP contribution in [0.15, 0.2) is 29.9 Å². The minimum Gasteiger partial charge on any atom is -0.332 e. The van der Waals surface area contributed by atoms with Gasteiger partial charge in [-0.05, 0) is 30.3 Å². The Hall–Kier alpha value is -1.66. The van der Waals surface area contributed by atoms with Crippen LogP contribution in [0.25, 0.3) is 10.4 Å². The lowest BCUT2D eigenvalue weighted by atomic mass is 10.0. The Morgan fingerprint density at radius 2 is 2.40 bits per heavy atom. The molecule has 2 aliphatic heterocycles. The molecule has 3 atom stereocenters. The topological polar surface area (TPSA) is 50.2 Å². The highest BCUT2D eigenvalue weighted by atomic mass is 32.1. The number of rotatable bonds is 2. The van der Waals surface area contributed by atoms with E-state index < -0.39 is 0 Å². The van der Waals surface area contributed by atoms with E-state index in [-0.39, 0.29) is 12.1 Å². The molecule has 2 aliphatic rings. The van der Waals surface area contributed by atoms with Crippen molar-refractivity contribution in [2.45, 2.75) is 12.5 Å². The fourth-order valence-electron chi connectivity index (χ4n) is 3.18. The minimum absolute atomic E-state index is 0.119. The summed E-state index contributed by atoms with van der Waals surface area (Å²) in [7, 11) is 0. The van der Waals surface area contributed by atoms with E-state index in [0.29, 0.717) is 5.92 Å². The zero-order chi connectivity index (χ0) is 13.5. The number of fused-ring (bicyclic) bond motifs is 2. The van der Waals surface area contributed by atoms with Crippen LogP contribution in [0.2, 0.25) is 0 Å². The van der Waals surface area contributed by atoms with Crippen LogP contribution < -0.4 is 5.32 Å². The van der Waals surface area contributed by atoms with Gasteiger partial charge in [0, 0.05) is 35.8 Å². The number of amides is 1. The van der Waals surface area contributed by atoms with Gasteiger partial charge in [-0.1, -0.05) is 6.07 Å². The van der Waals surface area contributed by atoms with Gasteiger partial charge in [0.25, 0.3) is 0 Å². The Bertz CT molecular complexity index is 621. The van der Waals surface area contributed by atoms with Gasteiger partial charge in [-0.2, -0.15) is 9.78 Å². The lowest BCUT2D eigenvalue weighted by Crippen LogP contribution is -2.45. The zero-order valence-corrected chi connectivity index (χ0v) is 11.8. The van der Waals surface area contributed by atoms with E-state index in [4.69, 9.17) is 0 Å². The molecule has 5 nitrogen and oxygen atoms in total. The molecule has 0 saturated carbocycles. The molecule has 2 fully saturated rings. The molecule has 2 bridgehead atoms. The maximum atomic E-state index is 12.2. The van der Waals surface area contributed by atoms with Crippen LogP contribution in [-0.4, -0.2) is 46.4 Å². The van der Waals surface area contributed by atoms with Crippen LogP contribution in [0, 0.1) is 5.92 Å². The molecule has 2 aromatic rings. The Balaban J connectivity index is 1.46. The van der Waals surface area contributed by atoms with Gasteiger partial charge in [-0.25, -0.2) is 4.79 Å². The van der Waals surface area contributed by atoms with Gasteiger partial charge >= 0.3 is 6.03 Å². The Kier molecular flexibility index (Phi) is 2.85. The number of thiophene rings is 1. The van der Waals surface area contributed by atoms with E-state index in [1.807, 2.05) is 17.5 Å². The molecule has 0 spiro atoms. The first-order chi connectivity index (χ1) is 9.79. The molecule has 20 heavy (non-hydrogen) atoms. The van der Waals surface area contributed by atoms with E-state index in [1.165, 1.54) is 17.6 Å². The minimum atomic E-state index is -0.119. The lowest BCUT2D eigenvalue weighted by Gasteiger charge is -2.22. The summed E-state index contributed by atoms with van der Waals surface area (Å²) in [5.41, 5.74) is 0.992. The van der Waals surface area contributed by atoms with E-state index in [9.17, 15) is 4.79 Å². The first-order valence-corrected chi connectivity index (χ1v) is 7.79. The number of nitrogens with one attached hydrogen (secondary N) is 1. The summed E-state index contributed by atoms with van der Waals surface area (Å²) >= 11 is 1.65. The first-order valence-electron chi connectivity index (χ1n) is 6.91. The van der Waals surface area contributed by atoms with Crippen LogP contribution in [0.4, 0.5) is 4.79 Å². The summed E-state index contributed by atoms with van der Waals surface area (Å²) in [5, 5.41) is 9.31. The molecule has 2 unspecified atom stereocenters. The fourth-order valence-corrected chi connectivity index (χ4v) is 3.88. The fraction of sp³-hybridized carbons (Fsp3) is 0.429. The predicted molar refractivity (Wildman–Crippen MR) is 77.8 cm³/mol. The van der Waals surface area contributed by atoms with E-state index in [2.05, 4.69) is 15.3 Å². The quantitative estimate of drug-likeness (QED) is 0.918. The molecule has 0 aromatic carbocycles. The number of carbonyl (C=O) groups is 1. The highest BCUT2D eigenvalue weighted by Gasteiger charge is 2.38. The van der Waals surface area contributed by atoms with Gasteiger partial charge in [0.1, 0.15) is 0 Å². The largest absolute Gasteiger partial charge is 0.342 e. The van der Waals surface area contributed by atoms with Crippen molar-refractivity contribution in [2.75, 3.05) is 19.6 Å². The zero-order valence-electron chi connectivity index (χ0n) is 11.0. The maximum Gasteiger partial charge on any atom is 0.342 e. The molecule has 0 aliphatic carbocycles. The van der Waals surface area contributed by atoms with Crippen molar-refractivity contribution < 1.29 is 4.79 Å². The highest BCUT2D eigenvalue weighted by Crippen LogP contribution is 2.28. The molecule has 4 heterocycles. The third-order valence-corrected chi connectivity index (χ3v) is 5.16. The van der Waals surface area contributed by atoms with E-state index in [0.717, 1.165) is 23.5 Å². The van der Waals surface area contributed by atoms with Crippen LogP contribution >= 0.6 is 11.3 Å². The predicted octanol–water partition coefficient (Wildman–Crippen LogP) is 1.87. The van der Waals surface area contributed by atoms with Crippen molar-refractivity contribution in [3.8, 4) is 10.4 Å². The number of carbonyl (C=O) groups excluding carboxylic acids is 1. The van der Waals surface area contributed by atoms with Crippen LogP contribution in [-0.2, 0) is 0 Å². The van der Waals surface area contributed by atoms with Crippen molar-refractivity contribution in [1.82, 2.24) is 20.0 Å². The second-order valence-electron chi connectivity index (χ2n) is 5.52. The van der Waals surface area contributed by atoms with Gasteiger partial charge in [-0.3, -0.25) is 0 Å². The summed E-state index contributed by atoms with van der Waals surface area (Å²) in [6.07, 6.45) is 4.74. The van der Waals surface area contributed by atoms with Gasteiger partial charge in [-0.15, -0.1) is 11.3 Å². The Morgan fingerprint density at radius 3 is 3.10 bits per heavy atom. The molecule has 6 heteroatoms. The van der Waals surface area contributed by atoms with Crippen LogP contribution in [0.1, 0.15) is 6.42 Å². The third-order valence-electron chi connectivity index (χ3n) is 4.24. The summed E-state index contributed by atoms with van der Waals surface area (Å²) in [6.45, 7) is 3.29. The normalized spacial score (nSPS) is 27.9. The average molecular weight is 288 g/mol. The Morgan fingerprint density at radius 1 is 1.45 bits per heavy atom. The standard InChI is InChI=1S/C14H16N4OS/c19-14(16-12-9-17-4-3-10(12)7-17)18-8-11(6-15-18)13-2-1-5-20-13/h1-2,5-6,8,10,12H,3-4,7,9H2,(H,16,19)/t10-,12?/m0/s1. The van der Waals surface area contributed by atoms with Crippen LogP contribution in [0.3, 0.4) is 0 Å². The monoisotopic (exact) mass is 288 g/mol. The molecular weight excluding hydrogens is 272 g/mol. The van der Waals surface area contributed by atoms with Crippen molar-refractivity contribution >= 4 is 17.4 Å². The molecular formula is C14H16N4OS. The third kappa shape index (κ3) is 2.05. The Labute approximate surface area is 121 Å².